The second-order valence-electron chi connectivity index (χ2n) is 6.45. The van der Waals surface area contributed by atoms with Crippen molar-refractivity contribution in [2.45, 2.75) is 45.3 Å². The van der Waals surface area contributed by atoms with E-state index in [1.807, 2.05) is 22.7 Å². The van der Waals surface area contributed by atoms with Crippen molar-refractivity contribution in [3.63, 3.8) is 0 Å². The molecule has 0 bridgehead atoms. The summed E-state index contributed by atoms with van der Waals surface area (Å²) in [6.45, 7) is 6.26. The zero-order valence-corrected chi connectivity index (χ0v) is 15.3. The largest absolute Gasteiger partial charge is 0.378 e. The van der Waals surface area contributed by atoms with E-state index < -0.39 is 0 Å². The van der Waals surface area contributed by atoms with Crippen LogP contribution in [0, 0.1) is 0 Å². The Kier molecular flexibility index (Phi) is 5.30. The molecule has 0 aromatic carbocycles. The number of hydrogen-bond acceptors (Lipinski definition) is 5. The van der Waals surface area contributed by atoms with Crippen LogP contribution in [0.5, 0.6) is 0 Å². The first-order valence-corrected chi connectivity index (χ1v) is 9.23. The Labute approximate surface area is 146 Å². The standard InChI is InChI=1S/C17H24N4O2S/c1-12(2)16-18-6-8-21(16)13-5-4-7-20(9-13)17(22)14-11-24-15(19-14)10-23-3/h6,8,11-13H,4-5,7,9-10H2,1-3H3/t13-/m1/s1. The Hall–Kier alpha value is -1.73. The zero-order chi connectivity index (χ0) is 17.1. The summed E-state index contributed by atoms with van der Waals surface area (Å²) >= 11 is 1.47. The topological polar surface area (TPSA) is 60.2 Å². The fraction of sp³-hybridized carbons (Fsp3) is 0.588. The number of thiazole rings is 1. The molecule has 130 valence electrons. The van der Waals surface area contributed by atoms with Crippen molar-refractivity contribution < 1.29 is 9.53 Å². The molecule has 3 heterocycles. The number of piperidine rings is 1. The molecule has 0 unspecified atom stereocenters. The monoisotopic (exact) mass is 348 g/mol. The van der Waals surface area contributed by atoms with Gasteiger partial charge in [-0.3, -0.25) is 4.79 Å². The van der Waals surface area contributed by atoms with E-state index in [0.29, 0.717) is 30.8 Å². The molecule has 1 atom stereocenters. The number of imidazole rings is 1. The number of aromatic nitrogens is 3. The minimum absolute atomic E-state index is 0.0181. The molecule has 0 radical (unpaired) electrons. The summed E-state index contributed by atoms with van der Waals surface area (Å²) in [6, 6.07) is 0.291. The molecule has 0 aliphatic carbocycles. The summed E-state index contributed by atoms with van der Waals surface area (Å²) in [5.41, 5.74) is 0.530. The smallest absolute Gasteiger partial charge is 0.273 e. The van der Waals surface area contributed by atoms with Gasteiger partial charge < -0.3 is 14.2 Å². The molecule has 1 aliphatic heterocycles. The van der Waals surface area contributed by atoms with Gasteiger partial charge in [0.2, 0.25) is 0 Å². The Bertz CT molecular complexity index is 694. The molecule has 6 nitrogen and oxygen atoms in total. The van der Waals surface area contributed by atoms with Crippen molar-refractivity contribution >= 4 is 17.2 Å². The first kappa shape index (κ1) is 17.1. The molecule has 24 heavy (non-hydrogen) atoms. The van der Waals surface area contributed by atoms with Gasteiger partial charge in [-0.1, -0.05) is 13.8 Å². The summed E-state index contributed by atoms with van der Waals surface area (Å²) in [7, 11) is 1.63. The lowest BCUT2D eigenvalue weighted by Gasteiger charge is -2.34. The van der Waals surface area contributed by atoms with E-state index in [1.165, 1.54) is 11.3 Å². The highest BCUT2D eigenvalue weighted by molar-refractivity contribution is 7.09. The van der Waals surface area contributed by atoms with Crippen LogP contribution in [-0.2, 0) is 11.3 Å². The van der Waals surface area contributed by atoms with Gasteiger partial charge >= 0.3 is 0 Å². The van der Waals surface area contributed by atoms with Gasteiger partial charge in [-0.25, -0.2) is 9.97 Å². The van der Waals surface area contributed by atoms with Crippen molar-refractivity contribution in [2.75, 3.05) is 20.2 Å². The maximum atomic E-state index is 12.8. The van der Waals surface area contributed by atoms with E-state index in [-0.39, 0.29) is 5.91 Å². The lowest BCUT2D eigenvalue weighted by atomic mass is 10.0. The number of ether oxygens (including phenoxy) is 1. The minimum atomic E-state index is 0.0181. The highest BCUT2D eigenvalue weighted by atomic mass is 32.1. The third-order valence-electron chi connectivity index (χ3n) is 4.33. The molecule has 3 rings (SSSR count). The number of hydrogen-bond donors (Lipinski definition) is 0. The molecule has 1 aliphatic rings. The minimum Gasteiger partial charge on any atom is -0.378 e. The normalized spacial score (nSPS) is 18.3. The number of rotatable bonds is 5. The lowest BCUT2D eigenvalue weighted by Crippen LogP contribution is -2.41. The Balaban J connectivity index is 1.72. The number of likely N-dealkylation sites (tertiary alicyclic amines) is 1. The van der Waals surface area contributed by atoms with Crippen molar-refractivity contribution in [1.82, 2.24) is 19.4 Å². The molecule has 1 fully saturated rings. The Morgan fingerprint density at radius 3 is 3.08 bits per heavy atom. The number of methoxy groups -OCH3 is 1. The highest BCUT2D eigenvalue weighted by Gasteiger charge is 2.28. The summed E-state index contributed by atoms with van der Waals surface area (Å²) < 4.78 is 7.32. The quantitative estimate of drug-likeness (QED) is 0.833. The molecule has 0 spiro atoms. The van der Waals surface area contributed by atoms with E-state index in [9.17, 15) is 4.79 Å². The number of carbonyl (C=O) groups is 1. The maximum Gasteiger partial charge on any atom is 0.273 e. The third-order valence-corrected chi connectivity index (χ3v) is 5.15. The molecule has 0 N–H and O–H groups in total. The number of nitrogens with zero attached hydrogens (tertiary/aromatic N) is 4. The molecule has 2 aromatic heterocycles. The van der Waals surface area contributed by atoms with E-state index >= 15 is 0 Å². The molecule has 0 saturated carbocycles. The van der Waals surface area contributed by atoms with Crippen LogP contribution in [0.4, 0.5) is 0 Å². The first-order valence-electron chi connectivity index (χ1n) is 8.35. The van der Waals surface area contributed by atoms with Gasteiger partial charge in [-0.15, -0.1) is 11.3 Å². The summed E-state index contributed by atoms with van der Waals surface area (Å²) in [4.78, 5) is 23.5. The van der Waals surface area contributed by atoms with Crippen LogP contribution in [0.25, 0.3) is 0 Å². The van der Waals surface area contributed by atoms with Crippen LogP contribution in [0.1, 0.15) is 60.0 Å². The first-order chi connectivity index (χ1) is 11.6. The van der Waals surface area contributed by atoms with Crippen molar-refractivity contribution in [3.8, 4) is 0 Å². The number of amides is 1. The van der Waals surface area contributed by atoms with Crippen LogP contribution in [-0.4, -0.2) is 45.5 Å². The van der Waals surface area contributed by atoms with E-state index in [4.69, 9.17) is 4.74 Å². The second kappa shape index (κ2) is 7.44. The lowest BCUT2D eigenvalue weighted by molar-refractivity contribution is 0.0672. The van der Waals surface area contributed by atoms with Gasteiger partial charge in [-0.2, -0.15) is 0 Å². The molecule has 7 heteroatoms. The average Bonchev–Trinajstić information content (AvgIpc) is 3.24. The van der Waals surface area contributed by atoms with Gasteiger partial charge in [-0.05, 0) is 12.8 Å². The van der Waals surface area contributed by atoms with Gasteiger partial charge in [0.25, 0.3) is 5.91 Å². The number of carbonyl (C=O) groups excluding carboxylic acids is 1. The van der Waals surface area contributed by atoms with Crippen LogP contribution in [0.3, 0.4) is 0 Å². The fourth-order valence-corrected chi connectivity index (χ4v) is 3.95. The van der Waals surface area contributed by atoms with Crippen LogP contribution in [0.15, 0.2) is 17.8 Å². The third kappa shape index (κ3) is 3.52. The maximum absolute atomic E-state index is 12.8. The Morgan fingerprint density at radius 1 is 1.50 bits per heavy atom. The SMILES string of the molecule is COCc1nc(C(=O)N2CCC[C@@H](n3ccnc3C(C)C)C2)cs1. The predicted octanol–water partition coefficient (Wildman–Crippen LogP) is 3.09. The van der Waals surface area contributed by atoms with Crippen molar-refractivity contribution in [2.24, 2.45) is 0 Å². The van der Waals surface area contributed by atoms with Crippen molar-refractivity contribution in [3.05, 3.63) is 34.3 Å². The molecule has 1 amide bonds. The summed E-state index contributed by atoms with van der Waals surface area (Å²) in [5.74, 6) is 1.48. The predicted molar refractivity (Wildman–Crippen MR) is 93.3 cm³/mol. The van der Waals surface area contributed by atoms with Crippen LogP contribution < -0.4 is 0 Å². The molecule has 1 saturated heterocycles. The fourth-order valence-electron chi connectivity index (χ4n) is 3.21. The zero-order valence-electron chi connectivity index (χ0n) is 14.4. The van der Waals surface area contributed by atoms with Gasteiger partial charge in [0, 0.05) is 43.9 Å². The van der Waals surface area contributed by atoms with E-state index in [2.05, 4.69) is 28.4 Å². The molecular formula is C17H24N4O2S. The highest BCUT2D eigenvalue weighted by Crippen LogP contribution is 2.26. The van der Waals surface area contributed by atoms with Gasteiger partial charge in [0.05, 0.1) is 12.6 Å². The Morgan fingerprint density at radius 2 is 2.33 bits per heavy atom. The molecular weight excluding hydrogens is 324 g/mol. The average molecular weight is 348 g/mol. The van der Waals surface area contributed by atoms with E-state index in [0.717, 1.165) is 30.2 Å². The van der Waals surface area contributed by atoms with Crippen LogP contribution >= 0.6 is 11.3 Å². The van der Waals surface area contributed by atoms with Gasteiger partial charge in [0.1, 0.15) is 16.5 Å². The van der Waals surface area contributed by atoms with Crippen molar-refractivity contribution in [1.29, 1.82) is 0 Å². The van der Waals surface area contributed by atoms with Crippen LogP contribution in [0.2, 0.25) is 0 Å². The summed E-state index contributed by atoms with van der Waals surface area (Å²) in [5, 5.41) is 2.67. The second-order valence-corrected chi connectivity index (χ2v) is 7.40. The van der Waals surface area contributed by atoms with Gasteiger partial charge in [0.15, 0.2) is 0 Å². The summed E-state index contributed by atoms with van der Waals surface area (Å²) in [6.07, 6.45) is 5.97. The molecule has 2 aromatic rings. The van der Waals surface area contributed by atoms with E-state index in [1.54, 1.807) is 7.11 Å².